The van der Waals surface area contributed by atoms with Gasteiger partial charge in [0.05, 0.1) is 35.0 Å². The number of halogens is 2. The van der Waals surface area contributed by atoms with Crippen LogP contribution in [0.3, 0.4) is 0 Å². The van der Waals surface area contributed by atoms with Gasteiger partial charge in [0.15, 0.2) is 0 Å². The van der Waals surface area contributed by atoms with E-state index < -0.39 is 5.97 Å². The molecule has 0 unspecified atom stereocenters. The van der Waals surface area contributed by atoms with Gasteiger partial charge in [-0.15, -0.1) is 0 Å². The number of amides is 1. The summed E-state index contributed by atoms with van der Waals surface area (Å²) < 4.78 is 10.4. The summed E-state index contributed by atoms with van der Waals surface area (Å²) in [6.45, 7) is 1.93. The van der Waals surface area contributed by atoms with Crippen molar-refractivity contribution in [3.05, 3.63) is 93.2 Å². The number of hydrogen-bond donors (Lipinski definition) is 1. The highest BCUT2D eigenvalue weighted by Crippen LogP contribution is 2.20. The average molecular weight is 459 g/mol. The van der Waals surface area contributed by atoms with Gasteiger partial charge in [-0.25, -0.2) is 4.79 Å². The molecule has 1 heterocycles. The molecular formula is C23H20Cl2N2O4. The van der Waals surface area contributed by atoms with E-state index in [1.54, 1.807) is 54.6 Å². The summed E-state index contributed by atoms with van der Waals surface area (Å²) in [4.78, 5) is 28.8. The molecular weight excluding hydrogens is 439 g/mol. The zero-order chi connectivity index (χ0) is 22.4. The number of esters is 1. The van der Waals surface area contributed by atoms with Gasteiger partial charge in [0.2, 0.25) is 0 Å². The second kappa shape index (κ2) is 10.3. The first-order chi connectivity index (χ1) is 14.9. The monoisotopic (exact) mass is 458 g/mol. The maximum atomic E-state index is 12.9. The van der Waals surface area contributed by atoms with Crippen LogP contribution in [0.1, 0.15) is 44.9 Å². The van der Waals surface area contributed by atoms with Gasteiger partial charge >= 0.3 is 5.97 Å². The summed E-state index contributed by atoms with van der Waals surface area (Å²) in [6.07, 6.45) is 1.47. The van der Waals surface area contributed by atoms with Crippen molar-refractivity contribution in [2.75, 3.05) is 7.11 Å². The zero-order valence-corrected chi connectivity index (χ0v) is 18.4. The Morgan fingerprint density at radius 3 is 2.35 bits per heavy atom. The predicted octanol–water partition coefficient (Wildman–Crippen LogP) is 5.25. The predicted molar refractivity (Wildman–Crippen MR) is 119 cm³/mol. The number of nitrogens with zero attached hydrogens (tertiary/aromatic N) is 1. The van der Waals surface area contributed by atoms with Gasteiger partial charge in [-0.05, 0) is 55.0 Å². The molecule has 1 aromatic heterocycles. The van der Waals surface area contributed by atoms with E-state index in [1.807, 2.05) is 6.92 Å². The molecule has 0 fully saturated rings. The fraction of sp³-hybridized carbons (Fsp3) is 0.174. The van der Waals surface area contributed by atoms with E-state index in [4.69, 9.17) is 32.7 Å². The molecule has 160 valence electrons. The molecule has 6 nitrogen and oxygen atoms in total. The maximum Gasteiger partial charge on any atom is 0.337 e. The van der Waals surface area contributed by atoms with Crippen molar-refractivity contribution in [3.8, 4) is 5.75 Å². The molecule has 0 saturated carbocycles. The van der Waals surface area contributed by atoms with Gasteiger partial charge in [-0.1, -0.05) is 35.3 Å². The summed E-state index contributed by atoms with van der Waals surface area (Å²) >= 11 is 12.0. The van der Waals surface area contributed by atoms with Crippen LogP contribution in [0.15, 0.2) is 60.8 Å². The number of methoxy groups -OCH3 is 1. The first-order valence-corrected chi connectivity index (χ1v) is 10.1. The first-order valence-electron chi connectivity index (χ1n) is 9.39. The fourth-order valence-corrected chi connectivity index (χ4v) is 3.13. The van der Waals surface area contributed by atoms with Gasteiger partial charge in [0, 0.05) is 11.2 Å². The minimum absolute atomic E-state index is 0.0871. The summed E-state index contributed by atoms with van der Waals surface area (Å²) in [7, 11) is 1.33. The molecule has 31 heavy (non-hydrogen) atoms. The average Bonchev–Trinajstić information content (AvgIpc) is 2.78. The van der Waals surface area contributed by atoms with Gasteiger partial charge in [-0.2, -0.15) is 0 Å². The van der Waals surface area contributed by atoms with Crippen LogP contribution in [0.2, 0.25) is 10.0 Å². The van der Waals surface area contributed by atoms with Crippen molar-refractivity contribution >= 4 is 35.1 Å². The lowest BCUT2D eigenvalue weighted by molar-refractivity contribution is 0.0600. The Hall–Kier alpha value is -3.09. The van der Waals surface area contributed by atoms with Crippen molar-refractivity contribution in [3.63, 3.8) is 0 Å². The van der Waals surface area contributed by atoms with Gasteiger partial charge < -0.3 is 14.8 Å². The number of aromatic nitrogens is 1. The molecule has 1 atom stereocenters. The highest BCUT2D eigenvalue weighted by molar-refractivity contribution is 6.31. The SMILES string of the molecule is COC(=O)c1ccc([C@H](C)NC(=O)c2cc(Cl)cnc2COc2ccc(Cl)cc2)cc1. The quantitative estimate of drug-likeness (QED) is 0.489. The standard InChI is InChI=1S/C23H20Cl2N2O4/c1-14(15-3-5-16(6-4-15)23(29)30-2)27-22(28)20-11-18(25)12-26-21(20)13-31-19-9-7-17(24)8-10-19/h3-12,14H,13H2,1-2H3,(H,27,28)/t14-/m0/s1. The van der Waals surface area contributed by atoms with Crippen LogP contribution >= 0.6 is 23.2 Å². The number of pyridine rings is 1. The van der Waals surface area contributed by atoms with Crippen molar-refractivity contribution in [1.29, 1.82) is 0 Å². The van der Waals surface area contributed by atoms with Crippen LogP contribution in [0.25, 0.3) is 0 Å². The Labute approximate surface area is 190 Å². The van der Waals surface area contributed by atoms with E-state index >= 15 is 0 Å². The number of carbonyl (C=O) groups is 2. The molecule has 2 aromatic carbocycles. The third-order valence-corrected chi connectivity index (χ3v) is 5.01. The number of ether oxygens (including phenoxy) is 2. The third-order valence-electron chi connectivity index (χ3n) is 4.55. The first kappa shape index (κ1) is 22.6. The van der Waals surface area contributed by atoms with Crippen molar-refractivity contribution in [1.82, 2.24) is 10.3 Å². The molecule has 0 aliphatic heterocycles. The maximum absolute atomic E-state index is 12.9. The minimum Gasteiger partial charge on any atom is -0.487 e. The minimum atomic E-state index is -0.418. The summed E-state index contributed by atoms with van der Waals surface area (Å²) in [5.41, 5.74) is 2.03. The largest absolute Gasteiger partial charge is 0.487 e. The normalized spacial score (nSPS) is 11.5. The summed E-state index contributed by atoms with van der Waals surface area (Å²) in [5.74, 6) is -0.153. The Bertz CT molecular complexity index is 1070. The Kier molecular flexibility index (Phi) is 7.50. The lowest BCUT2D eigenvalue weighted by atomic mass is 10.1. The number of hydrogen-bond acceptors (Lipinski definition) is 5. The van der Waals surface area contributed by atoms with Crippen molar-refractivity contribution in [2.45, 2.75) is 19.6 Å². The highest BCUT2D eigenvalue weighted by atomic mass is 35.5. The zero-order valence-electron chi connectivity index (χ0n) is 16.9. The second-order valence-electron chi connectivity index (χ2n) is 6.70. The molecule has 0 aliphatic carbocycles. The van der Waals surface area contributed by atoms with Gasteiger partial charge in [0.1, 0.15) is 12.4 Å². The molecule has 0 saturated heterocycles. The molecule has 3 aromatic rings. The number of nitrogens with one attached hydrogen (secondary N) is 1. The van der Waals surface area contributed by atoms with E-state index in [0.29, 0.717) is 32.6 Å². The fourth-order valence-electron chi connectivity index (χ4n) is 2.85. The van der Waals surface area contributed by atoms with Crippen molar-refractivity contribution in [2.24, 2.45) is 0 Å². The van der Waals surface area contributed by atoms with E-state index in [-0.39, 0.29) is 18.6 Å². The lowest BCUT2D eigenvalue weighted by Gasteiger charge is -2.16. The van der Waals surface area contributed by atoms with E-state index in [1.165, 1.54) is 13.3 Å². The van der Waals surface area contributed by atoms with Gasteiger partial charge in [0.25, 0.3) is 5.91 Å². The molecule has 8 heteroatoms. The molecule has 0 bridgehead atoms. The van der Waals surface area contributed by atoms with Crippen LogP contribution in [0, 0.1) is 0 Å². The van der Waals surface area contributed by atoms with Crippen molar-refractivity contribution < 1.29 is 19.1 Å². The van der Waals surface area contributed by atoms with Gasteiger partial charge in [-0.3, -0.25) is 9.78 Å². The van der Waals surface area contributed by atoms with E-state index in [9.17, 15) is 9.59 Å². The molecule has 3 rings (SSSR count). The van der Waals surface area contributed by atoms with Crippen LogP contribution in [-0.4, -0.2) is 24.0 Å². The Morgan fingerprint density at radius 1 is 1.03 bits per heavy atom. The molecule has 0 spiro atoms. The Balaban J connectivity index is 1.72. The molecule has 1 amide bonds. The Morgan fingerprint density at radius 2 is 1.71 bits per heavy atom. The van der Waals surface area contributed by atoms with Crippen LogP contribution < -0.4 is 10.1 Å². The smallest absolute Gasteiger partial charge is 0.337 e. The topological polar surface area (TPSA) is 77.5 Å². The van der Waals surface area contributed by atoms with E-state index in [0.717, 1.165) is 5.56 Å². The van der Waals surface area contributed by atoms with Crippen LogP contribution in [0.4, 0.5) is 0 Å². The van der Waals surface area contributed by atoms with Crippen LogP contribution in [-0.2, 0) is 11.3 Å². The molecule has 0 radical (unpaired) electrons. The second-order valence-corrected chi connectivity index (χ2v) is 7.57. The van der Waals surface area contributed by atoms with Crippen LogP contribution in [0.5, 0.6) is 5.75 Å². The molecule has 0 aliphatic rings. The number of rotatable bonds is 7. The number of carbonyl (C=O) groups excluding carboxylic acids is 2. The molecule has 1 N–H and O–H groups in total. The number of benzene rings is 2. The lowest BCUT2D eigenvalue weighted by Crippen LogP contribution is -2.28. The third kappa shape index (κ3) is 5.96. The summed E-state index contributed by atoms with van der Waals surface area (Å²) in [5, 5.41) is 3.87. The van der Waals surface area contributed by atoms with E-state index in [2.05, 4.69) is 10.3 Å². The highest BCUT2D eigenvalue weighted by Gasteiger charge is 2.18. The summed E-state index contributed by atoms with van der Waals surface area (Å²) in [6, 6.07) is 15.0.